The highest BCUT2D eigenvalue weighted by atomic mass is 16.6. The summed E-state index contributed by atoms with van der Waals surface area (Å²) in [7, 11) is 0. The summed E-state index contributed by atoms with van der Waals surface area (Å²) < 4.78 is 14.6. The van der Waals surface area contributed by atoms with Crippen molar-refractivity contribution in [1.29, 1.82) is 0 Å². The fourth-order valence-corrected chi connectivity index (χ4v) is 1.56. The number of ether oxygens (including phenoxy) is 3. The molecule has 0 aliphatic carbocycles. The van der Waals surface area contributed by atoms with E-state index in [1.165, 1.54) is 0 Å². The molecule has 0 saturated heterocycles. The minimum absolute atomic E-state index is 0.269. The Labute approximate surface area is 116 Å². The van der Waals surface area contributed by atoms with Gasteiger partial charge in [-0.05, 0) is 0 Å². The quantitative estimate of drug-likeness (QED) is 0.356. The summed E-state index contributed by atoms with van der Waals surface area (Å²) in [5.74, 6) is -2.15. The Kier molecular flexibility index (Phi) is 8.14. The second-order valence-corrected chi connectivity index (χ2v) is 3.95. The van der Waals surface area contributed by atoms with Crippen LogP contribution in [0.15, 0.2) is 0 Å². The Balaban J connectivity index is 5.21. The Bertz CT molecular complexity index is 364. The second-order valence-electron chi connectivity index (χ2n) is 3.95. The highest BCUT2D eigenvalue weighted by Crippen LogP contribution is 2.16. The molecule has 0 aromatic heterocycles. The highest BCUT2D eigenvalue weighted by Gasteiger charge is 2.36. The third-order valence-electron chi connectivity index (χ3n) is 2.18. The molecule has 0 spiro atoms. The molecule has 0 unspecified atom stereocenters. The van der Waals surface area contributed by atoms with Gasteiger partial charge in [-0.15, -0.1) is 0 Å². The molecule has 1 N–H and O–H groups in total. The first-order chi connectivity index (χ1) is 9.31. The number of carbonyl (C=O) groups is 4. The van der Waals surface area contributed by atoms with E-state index in [0.717, 1.165) is 20.8 Å². The smallest absolute Gasteiger partial charge is 0.303 e. The number of hydrogen-bond donors (Lipinski definition) is 1. The van der Waals surface area contributed by atoms with Crippen LogP contribution in [0.25, 0.3) is 0 Å². The minimum atomic E-state index is -1.27. The molecule has 8 nitrogen and oxygen atoms in total. The summed E-state index contributed by atoms with van der Waals surface area (Å²) in [6, 6.07) is 0. The predicted octanol–water partition coefficient (Wildman–Crippen LogP) is -0.637. The van der Waals surface area contributed by atoms with Crippen molar-refractivity contribution in [2.45, 2.75) is 45.5 Å². The first kappa shape index (κ1) is 18.0. The molecule has 8 heteroatoms. The number of carbonyl (C=O) groups excluding carboxylic acids is 4. The average Bonchev–Trinajstić information content (AvgIpc) is 2.31. The van der Waals surface area contributed by atoms with Gasteiger partial charge in [0.1, 0.15) is 12.4 Å². The fourth-order valence-electron chi connectivity index (χ4n) is 1.56. The van der Waals surface area contributed by atoms with Gasteiger partial charge in [0.15, 0.2) is 12.2 Å². The van der Waals surface area contributed by atoms with E-state index in [1.54, 1.807) is 0 Å². The Morgan fingerprint density at radius 2 is 1.40 bits per heavy atom. The van der Waals surface area contributed by atoms with Gasteiger partial charge in [0.2, 0.25) is 0 Å². The molecular formula is C12H18O8. The van der Waals surface area contributed by atoms with E-state index < -0.39 is 42.8 Å². The van der Waals surface area contributed by atoms with Crippen molar-refractivity contribution in [2.75, 3.05) is 6.61 Å². The van der Waals surface area contributed by atoms with Crippen molar-refractivity contribution < 1.29 is 38.5 Å². The van der Waals surface area contributed by atoms with Crippen LogP contribution >= 0.6 is 0 Å². The van der Waals surface area contributed by atoms with Crippen LogP contribution in [0.2, 0.25) is 0 Å². The SMILES string of the molecule is CC(=O)O[C@@H]([C@H](CO)OC(C)=O)[C@H](CC=O)OC(C)=O. The van der Waals surface area contributed by atoms with Crippen LogP contribution in [0.3, 0.4) is 0 Å². The van der Waals surface area contributed by atoms with Crippen LogP contribution in [0.5, 0.6) is 0 Å². The molecule has 0 aromatic rings. The van der Waals surface area contributed by atoms with Crippen LogP contribution < -0.4 is 0 Å². The molecule has 0 aliphatic heterocycles. The summed E-state index contributed by atoms with van der Waals surface area (Å²) in [6.07, 6.45) is -3.46. The standard InChI is InChI=1S/C12H18O8/c1-7(15)18-10(4-5-13)12(20-9(3)17)11(6-14)19-8(2)16/h5,10-12,14H,4,6H2,1-3H3/t10-,11-,12+/m0/s1. The van der Waals surface area contributed by atoms with Gasteiger partial charge in [-0.25, -0.2) is 0 Å². The number of aliphatic hydroxyl groups excluding tert-OH is 1. The van der Waals surface area contributed by atoms with Crippen LogP contribution in [0.1, 0.15) is 27.2 Å². The van der Waals surface area contributed by atoms with Crippen molar-refractivity contribution in [3.8, 4) is 0 Å². The number of rotatable bonds is 8. The molecule has 0 aromatic carbocycles. The van der Waals surface area contributed by atoms with Crippen molar-refractivity contribution in [3.05, 3.63) is 0 Å². The van der Waals surface area contributed by atoms with Crippen molar-refractivity contribution >= 4 is 24.2 Å². The van der Waals surface area contributed by atoms with Gasteiger partial charge in [-0.1, -0.05) is 0 Å². The van der Waals surface area contributed by atoms with Crippen LogP contribution in [-0.2, 0) is 33.4 Å². The van der Waals surface area contributed by atoms with E-state index in [1.807, 2.05) is 0 Å². The Morgan fingerprint density at radius 1 is 0.950 bits per heavy atom. The van der Waals surface area contributed by atoms with Gasteiger partial charge in [0.25, 0.3) is 0 Å². The van der Waals surface area contributed by atoms with Crippen LogP contribution in [-0.4, -0.2) is 54.2 Å². The zero-order valence-electron chi connectivity index (χ0n) is 11.5. The number of aldehydes is 1. The van der Waals surface area contributed by atoms with E-state index in [9.17, 15) is 24.3 Å². The molecule has 20 heavy (non-hydrogen) atoms. The molecule has 0 amide bonds. The van der Waals surface area contributed by atoms with Crippen molar-refractivity contribution in [1.82, 2.24) is 0 Å². The zero-order chi connectivity index (χ0) is 15.7. The van der Waals surface area contributed by atoms with E-state index in [4.69, 9.17) is 14.2 Å². The third kappa shape index (κ3) is 6.83. The molecule has 0 heterocycles. The first-order valence-electron chi connectivity index (χ1n) is 5.88. The normalized spacial score (nSPS) is 14.6. The van der Waals surface area contributed by atoms with Gasteiger partial charge in [-0.3, -0.25) is 14.4 Å². The topological polar surface area (TPSA) is 116 Å². The monoisotopic (exact) mass is 290 g/mol. The number of esters is 3. The summed E-state index contributed by atoms with van der Waals surface area (Å²) in [5, 5.41) is 9.21. The summed E-state index contributed by atoms with van der Waals surface area (Å²) in [4.78, 5) is 43.7. The lowest BCUT2D eigenvalue weighted by Gasteiger charge is -2.30. The minimum Gasteiger partial charge on any atom is -0.458 e. The van der Waals surface area contributed by atoms with Crippen LogP contribution in [0, 0.1) is 0 Å². The zero-order valence-corrected chi connectivity index (χ0v) is 11.5. The third-order valence-corrected chi connectivity index (χ3v) is 2.18. The second kappa shape index (κ2) is 9.03. The maximum absolute atomic E-state index is 11.1. The van der Waals surface area contributed by atoms with Crippen molar-refractivity contribution in [2.24, 2.45) is 0 Å². The molecule has 0 fully saturated rings. The van der Waals surface area contributed by atoms with E-state index >= 15 is 0 Å². The lowest BCUT2D eigenvalue weighted by atomic mass is 10.1. The summed E-state index contributed by atoms with van der Waals surface area (Å²) in [5.41, 5.74) is 0. The number of hydrogen-bond acceptors (Lipinski definition) is 8. The lowest BCUT2D eigenvalue weighted by molar-refractivity contribution is -0.186. The van der Waals surface area contributed by atoms with Gasteiger partial charge in [-0.2, -0.15) is 0 Å². The van der Waals surface area contributed by atoms with E-state index in [2.05, 4.69) is 0 Å². The molecule has 114 valence electrons. The Morgan fingerprint density at radius 3 is 1.75 bits per heavy atom. The molecule has 0 bridgehead atoms. The largest absolute Gasteiger partial charge is 0.458 e. The van der Waals surface area contributed by atoms with Crippen molar-refractivity contribution in [3.63, 3.8) is 0 Å². The molecule has 0 radical (unpaired) electrons. The lowest BCUT2D eigenvalue weighted by Crippen LogP contribution is -2.46. The molecule has 3 atom stereocenters. The van der Waals surface area contributed by atoms with E-state index in [-0.39, 0.29) is 6.42 Å². The number of aliphatic hydroxyl groups is 1. The van der Waals surface area contributed by atoms with Gasteiger partial charge in [0.05, 0.1) is 6.61 Å². The van der Waals surface area contributed by atoms with Gasteiger partial charge < -0.3 is 24.1 Å². The summed E-state index contributed by atoms with van der Waals surface area (Å²) >= 11 is 0. The first-order valence-corrected chi connectivity index (χ1v) is 5.88. The van der Waals surface area contributed by atoms with E-state index in [0.29, 0.717) is 6.29 Å². The molecular weight excluding hydrogens is 272 g/mol. The molecule has 0 aliphatic rings. The Hall–Kier alpha value is -1.96. The average molecular weight is 290 g/mol. The molecule has 0 saturated carbocycles. The summed E-state index contributed by atoms with van der Waals surface area (Å²) in [6.45, 7) is 2.66. The highest BCUT2D eigenvalue weighted by molar-refractivity contribution is 5.68. The predicted molar refractivity (Wildman–Crippen MR) is 64.4 cm³/mol. The molecule has 0 rings (SSSR count). The van der Waals surface area contributed by atoms with Gasteiger partial charge in [0, 0.05) is 27.2 Å². The van der Waals surface area contributed by atoms with Gasteiger partial charge >= 0.3 is 17.9 Å². The fraction of sp³-hybridized carbons (Fsp3) is 0.667. The maximum atomic E-state index is 11.1. The maximum Gasteiger partial charge on any atom is 0.303 e. The van der Waals surface area contributed by atoms with Crippen LogP contribution in [0.4, 0.5) is 0 Å².